The molecule has 7 heteroatoms. The first-order valence-electron chi connectivity index (χ1n) is 4.69. The Kier molecular flexibility index (Phi) is 7.25. The lowest BCUT2D eigenvalue weighted by Gasteiger charge is -2.19. The third-order valence-electron chi connectivity index (χ3n) is 1.76. The molecule has 0 aromatic carbocycles. The molecule has 0 heterocycles. The fraction of sp³-hybridized carbons (Fsp3) is 0.875. The second kappa shape index (κ2) is 7.59. The van der Waals surface area contributed by atoms with Crippen molar-refractivity contribution < 1.29 is 13.2 Å². The Morgan fingerprint density at radius 1 is 1.53 bits per heavy atom. The van der Waals surface area contributed by atoms with Crippen molar-refractivity contribution in [2.24, 2.45) is 0 Å². The van der Waals surface area contributed by atoms with Gasteiger partial charge in [0, 0.05) is 33.2 Å². The second-order valence-corrected chi connectivity index (χ2v) is 4.55. The molecule has 0 saturated carbocycles. The maximum absolute atomic E-state index is 11.6. The van der Waals surface area contributed by atoms with E-state index in [0.29, 0.717) is 13.2 Å². The summed E-state index contributed by atoms with van der Waals surface area (Å²) < 4.78 is 31.5. The lowest BCUT2D eigenvalue weighted by atomic mass is 10.5. The molecule has 0 aliphatic heterocycles. The molecule has 0 fully saturated rings. The summed E-state index contributed by atoms with van der Waals surface area (Å²) in [5, 5.41) is 8.38. The van der Waals surface area contributed by atoms with Crippen LogP contribution in [0.3, 0.4) is 0 Å². The first kappa shape index (κ1) is 14.3. The van der Waals surface area contributed by atoms with Crippen LogP contribution in [0.1, 0.15) is 13.3 Å². The number of ether oxygens (including phenoxy) is 1. The molecule has 0 aromatic rings. The van der Waals surface area contributed by atoms with Crippen molar-refractivity contribution in [3.05, 3.63) is 0 Å². The number of rotatable bonds is 8. The van der Waals surface area contributed by atoms with Crippen LogP contribution in [0.5, 0.6) is 0 Å². The van der Waals surface area contributed by atoms with Crippen LogP contribution in [-0.4, -0.2) is 46.1 Å². The van der Waals surface area contributed by atoms with Gasteiger partial charge in [-0.3, -0.25) is 0 Å². The number of nitrogens with one attached hydrogen (secondary N) is 1. The van der Waals surface area contributed by atoms with Gasteiger partial charge in [0.25, 0.3) is 10.2 Å². The van der Waals surface area contributed by atoms with E-state index >= 15 is 0 Å². The molecule has 0 amide bonds. The lowest BCUT2D eigenvalue weighted by molar-refractivity contribution is 0.203. The summed E-state index contributed by atoms with van der Waals surface area (Å²) in [7, 11) is -1.96. The van der Waals surface area contributed by atoms with Gasteiger partial charge in [0.05, 0.1) is 12.7 Å². The molecule has 0 spiro atoms. The fourth-order valence-electron chi connectivity index (χ4n) is 0.987. The van der Waals surface area contributed by atoms with Gasteiger partial charge in [-0.15, -0.1) is 0 Å². The molecule has 0 aliphatic rings. The molecular formula is C8H17N3O3S. The highest BCUT2D eigenvalue weighted by Crippen LogP contribution is 1.98. The van der Waals surface area contributed by atoms with E-state index in [9.17, 15) is 8.42 Å². The van der Waals surface area contributed by atoms with E-state index in [0.717, 1.165) is 0 Å². The van der Waals surface area contributed by atoms with Crippen LogP contribution < -0.4 is 4.72 Å². The molecule has 0 aliphatic carbocycles. The van der Waals surface area contributed by atoms with Crippen molar-refractivity contribution in [1.82, 2.24) is 9.03 Å². The van der Waals surface area contributed by atoms with E-state index in [-0.39, 0.29) is 19.5 Å². The molecule has 0 saturated heterocycles. The summed E-state index contributed by atoms with van der Waals surface area (Å²) in [4.78, 5) is 0. The van der Waals surface area contributed by atoms with E-state index in [1.54, 1.807) is 6.92 Å². The first-order valence-corrected chi connectivity index (χ1v) is 6.13. The number of methoxy groups -OCH3 is 1. The molecule has 1 N–H and O–H groups in total. The second-order valence-electron chi connectivity index (χ2n) is 2.79. The smallest absolute Gasteiger partial charge is 0.279 e. The molecule has 0 radical (unpaired) electrons. The third-order valence-corrected chi connectivity index (χ3v) is 3.45. The van der Waals surface area contributed by atoms with Crippen molar-refractivity contribution in [3.63, 3.8) is 0 Å². The summed E-state index contributed by atoms with van der Waals surface area (Å²) in [6, 6.07) is 1.91. The average molecular weight is 235 g/mol. The minimum atomic E-state index is -3.46. The van der Waals surface area contributed by atoms with Gasteiger partial charge < -0.3 is 4.74 Å². The normalized spacial score (nSPS) is 11.6. The maximum atomic E-state index is 11.6. The van der Waals surface area contributed by atoms with Crippen LogP contribution >= 0.6 is 0 Å². The monoisotopic (exact) mass is 235 g/mol. The van der Waals surface area contributed by atoms with Gasteiger partial charge in [0.15, 0.2) is 0 Å². The highest BCUT2D eigenvalue weighted by molar-refractivity contribution is 7.87. The Hall–Kier alpha value is -0.680. The van der Waals surface area contributed by atoms with Crippen molar-refractivity contribution >= 4 is 10.2 Å². The Labute approximate surface area is 91.0 Å². The van der Waals surface area contributed by atoms with Gasteiger partial charge in [-0.25, -0.2) is 0 Å². The molecule has 0 aromatic heterocycles. The zero-order valence-electron chi connectivity index (χ0n) is 9.06. The van der Waals surface area contributed by atoms with Gasteiger partial charge in [-0.2, -0.15) is 22.7 Å². The summed E-state index contributed by atoms with van der Waals surface area (Å²) in [6.45, 7) is 2.86. The largest absolute Gasteiger partial charge is 0.383 e. The van der Waals surface area contributed by atoms with Crippen molar-refractivity contribution in [3.8, 4) is 6.07 Å². The predicted molar refractivity (Wildman–Crippen MR) is 56.3 cm³/mol. The van der Waals surface area contributed by atoms with Crippen LogP contribution in [0, 0.1) is 11.3 Å². The summed E-state index contributed by atoms with van der Waals surface area (Å²) in [5.41, 5.74) is 0. The predicted octanol–water partition coefficient (Wildman–Crippen LogP) is -0.297. The zero-order chi connectivity index (χ0) is 11.7. The summed E-state index contributed by atoms with van der Waals surface area (Å²) in [6.07, 6.45) is 0.193. The van der Waals surface area contributed by atoms with Gasteiger partial charge in [0.1, 0.15) is 0 Å². The van der Waals surface area contributed by atoms with E-state index in [1.807, 2.05) is 6.07 Å². The van der Waals surface area contributed by atoms with Crippen LogP contribution in [0.25, 0.3) is 0 Å². The first-order chi connectivity index (χ1) is 7.08. The SMILES string of the molecule is CCN(CCC#N)S(=O)(=O)NCCOC. The Morgan fingerprint density at radius 2 is 2.20 bits per heavy atom. The molecule has 15 heavy (non-hydrogen) atoms. The number of hydrogen-bond acceptors (Lipinski definition) is 4. The van der Waals surface area contributed by atoms with E-state index < -0.39 is 10.2 Å². The fourth-order valence-corrected chi connectivity index (χ4v) is 2.18. The highest BCUT2D eigenvalue weighted by Gasteiger charge is 2.18. The summed E-state index contributed by atoms with van der Waals surface area (Å²) >= 11 is 0. The minimum absolute atomic E-state index is 0.193. The van der Waals surface area contributed by atoms with Crippen LogP contribution in [0.4, 0.5) is 0 Å². The van der Waals surface area contributed by atoms with E-state index in [1.165, 1.54) is 11.4 Å². The Morgan fingerprint density at radius 3 is 2.67 bits per heavy atom. The topological polar surface area (TPSA) is 82.4 Å². The molecule has 88 valence electrons. The quantitative estimate of drug-likeness (QED) is 0.586. The van der Waals surface area contributed by atoms with Gasteiger partial charge in [-0.1, -0.05) is 6.92 Å². The van der Waals surface area contributed by atoms with E-state index in [4.69, 9.17) is 10.00 Å². The van der Waals surface area contributed by atoms with Gasteiger partial charge in [-0.05, 0) is 0 Å². The third kappa shape index (κ3) is 5.69. The molecule has 0 unspecified atom stereocenters. The number of hydrogen-bond donors (Lipinski definition) is 1. The lowest BCUT2D eigenvalue weighted by Crippen LogP contribution is -2.42. The van der Waals surface area contributed by atoms with Crippen molar-refractivity contribution in [2.45, 2.75) is 13.3 Å². The molecule has 6 nitrogen and oxygen atoms in total. The van der Waals surface area contributed by atoms with Crippen molar-refractivity contribution in [2.75, 3.05) is 33.4 Å². The van der Waals surface area contributed by atoms with Crippen molar-refractivity contribution in [1.29, 1.82) is 5.26 Å². The minimum Gasteiger partial charge on any atom is -0.383 e. The Bertz CT molecular complexity index is 297. The zero-order valence-corrected chi connectivity index (χ0v) is 9.88. The number of nitrogens with zero attached hydrogens (tertiary/aromatic N) is 2. The molecule has 0 atom stereocenters. The highest BCUT2D eigenvalue weighted by atomic mass is 32.2. The molecule has 0 rings (SSSR count). The van der Waals surface area contributed by atoms with Crippen LogP contribution in [0.2, 0.25) is 0 Å². The van der Waals surface area contributed by atoms with Gasteiger partial charge in [0.2, 0.25) is 0 Å². The maximum Gasteiger partial charge on any atom is 0.279 e. The standard InChI is InChI=1S/C8H17N3O3S/c1-3-11(7-4-5-9)15(12,13)10-6-8-14-2/h10H,3-4,6-8H2,1-2H3. The van der Waals surface area contributed by atoms with Gasteiger partial charge >= 0.3 is 0 Å². The number of nitriles is 1. The molecular weight excluding hydrogens is 218 g/mol. The average Bonchev–Trinajstić information content (AvgIpc) is 2.19. The Balaban J connectivity index is 4.20. The van der Waals surface area contributed by atoms with Crippen LogP contribution in [-0.2, 0) is 14.9 Å². The van der Waals surface area contributed by atoms with Crippen LogP contribution in [0.15, 0.2) is 0 Å². The van der Waals surface area contributed by atoms with E-state index in [2.05, 4.69) is 4.72 Å². The molecule has 0 bridgehead atoms. The summed E-state index contributed by atoms with van der Waals surface area (Å²) in [5.74, 6) is 0.